The Bertz CT molecular complexity index is 468. The first kappa shape index (κ1) is 15.9. The normalized spacial score (nSPS) is 21.9. The molecule has 1 aliphatic rings. The lowest BCUT2D eigenvalue weighted by molar-refractivity contribution is 0.0773. The van der Waals surface area contributed by atoms with Gasteiger partial charge in [-0.15, -0.1) is 0 Å². The molecular formula is C18H28N2O. The van der Waals surface area contributed by atoms with Crippen LogP contribution in [0, 0.1) is 5.92 Å². The summed E-state index contributed by atoms with van der Waals surface area (Å²) in [5.74, 6) is 0.834. The second-order valence-electron chi connectivity index (χ2n) is 6.07. The SMILES string of the molecule is CCN(CC)C(=O)c1cccc(NC2CCCCC2C)c1. The van der Waals surface area contributed by atoms with Gasteiger partial charge in [0, 0.05) is 30.4 Å². The number of carbonyl (C=O) groups excluding carboxylic acids is 1. The van der Waals surface area contributed by atoms with Crippen LogP contribution in [0.3, 0.4) is 0 Å². The van der Waals surface area contributed by atoms with Gasteiger partial charge in [-0.1, -0.05) is 25.8 Å². The van der Waals surface area contributed by atoms with Crippen molar-refractivity contribution in [2.45, 2.75) is 52.5 Å². The number of anilines is 1. The topological polar surface area (TPSA) is 32.3 Å². The quantitative estimate of drug-likeness (QED) is 0.882. The van der Waals surface area contributed by atoms with Gasteiger partial charge >= 0.3 is 0 Å². The van der Waals surface area contributed by atoms with Crippen molar-refractivity contribution in [1.82, 2.24) is 4.90 Å². The van der Waals surface area contributed by atoms with Crippen LogP contribution in [0.4, 0.5) is 5.69 Å². The van der Waals surface area contributed by atoms with Crippen LogP contribution >= 0.6 is 0 Å². The van der Waals surface area contributed by atoms with E-state index in [1.807, 2.05) is 36.9 Å². The molecule has 1 fully saturated rings. The van der Waals surface area contributed by atoms with E-state index in [4.69, 9.17) is 0 Å². The summed E-state index contributed by atoms with van der Waals surface area (Å²) >= 11 is 0. The van der Waals surface area contributed by atoms with Gasteiger partial charge in [-0.3, -0.25) is 4.79 Å². The lowest BCUT2D eigenvalue weighted by Gasteiger charge is -2.30. The summed E-state index contributed by atoms with van der Waals surface area (Å²) in [5, 5.41) is 3.63. The van der Waals surface area contributed by atoms with E-state index < -0.39 is 0 Å². The predicted octanol–water partition coefficient (Wildman–Crippen LogP) is 4.16. The molecule has 0 bridgehead atoms. The van der Waals surface area contributed by atoms with Crippen LogP contribution in [-0.4, -0.2) is 29.9 Å². The third kappa shape index (κ3) is 3.99. The van der Waals surface area contributed by atoms with Crippen molar-refractivity contribution < 1.29 is 4.79 Å². The van der Waals surface area contributed by atoms with Crippen LogP contribution in [0.5, 0.6) is 0 Å². The number of benzene rings is 1. The van der Waals surface area contributed by atoms with Crippen LogP contribution < -0.4 is 5.32 Å². The molecule has 0 saturated heterocycles. The van der Waals surface area contributed by atoms with E-state index in [9.17, 15) is 4.79 Å². The first-order valence-electron chi connectivity index (χ1n) is 8.31. The molecule has 2 atom stereocenters. The highest BCUT2D eigenvalue weighted by Crippen LogP contribution is 2.27. The molecular weight excluding hydrogens is 260 g/mol. The fraction of sp³-hybridized carbons (Fsp3) is 0.611. The zero-order valence-electron chi connectivity index (χ0n) is 13.6. The average molecular weight is 288 g/mol. The van der Waals surface area contributed by atoms with E-state index in [1.165, 1.54) is 25.7 Å². The van der Waals surface area contributed by atoms with Crippen molar-refractivity contribution >= 4 is 11.6 Å². The lowest BCUT2D eigenvalue weighted by atomic mass is 9.86. The van der Waals surface area contributed by atoms with E-state index in [-0.39, 0.29) is 5.91 Å². The van der Waals surface area contributed by atoms with Gasteiger partial charge in [0.2, 0.25) is 0 Å². The lowest BCUT2D eigenvalue weighted by Crippen LogP contribution is -2.31. The van der Waals surface area contributed by atoms with Crippen molar-refractivity contribution in [1.29, 1.82) is 0 Å². The van der Waals surface area contributed by atoms with Crippen molar-refractivity contribution in [3.05, 3.63) is 29.8 Å². The summed E-state index contributed by atoms with van der Waals surface area (Å²) in [5.41, 5.74) is 1.86. The molecule has 2 unspecified atom stereocenters. The van der Waals surface area contributed by atoms with E-state index in [1.54, 1.807) is 0 Å². The van der Waals surface area contributed by atoms with E-state index in [0.29, 0.717) is 12.0 Å². The predicted molar refractivity (Wildman–Crippen MR) is 88.7 cm³/mol. The molecule has 2 rings (SSSR count). The molecule has 3 heteroatoms. The van der Waals surface area contributed by atoms with Crippen molar-refractivity contribution in [3.63, 3.8) is 0 Å². The molecule has 0 radical (unpaired) electrons. The summed E-state index contributed by atoms with van der Waals surface area (Å²) in [4.78, 5) is 14.3. The molecule has 0 heterocycles. The minimum atomic E-state index is 0.125. The fourth-order valence-corrected chi connectivity index (χ4v) is 3.18. The maximum atomic E-state index is 12.4. The minimum Gasteiger partial charge on any atom is -0.382 e. The Kier molecular flexibility index (Phi) is 5.66. The van der Waals surface area contributed by atoms with Crippen LogP contribution in [0.15, 0.2) is 24.3 Å². The van der Waals surface area contributed by atoms with Gasteiger partial charge in [0.25, 0.3) is 5.91 Å². The zero-order valence-corrected chi connectivity index (χ0v) is 13.6. The summed E-state index contributed by atoms with van der Waals surface area (Å²) in [7, 11) is 0. The number of amides is 1. The number of nitrogens with zero attached hydrogens (tertiary/aromatic N) is 1. The molecule has 1 aromatic carbocycles. The van der Waals surface area contributed by atoms with E-state index in [2.05, 4.69) is 18.3 Å². The first-order valence-corrected chi connectivity index (χ1v) is 8.31. The molecule has 0 aliphatic heterocycles. The molecule has 1 amide bonds. The second kappa shape index (κ2) is 7.48. The van der Waals surface area contributed by atoms with Crippen LogP contribution in [0.25, 0.3) is 0 Å². The van der Waals surface area contributed by atoms with Crippen LogP contribution in [0.1, 0.15) is 56.8 Å². The molecule has 116 valence electrons. The number of hydrogen-bond acceptors (Lipinski definition) is 2. The molecule has 1 aromatic rings. The monoisotopic (exact) mass is 288 g/mol. The van der Waals surface area contributed by atoms with Gasteiger partial charge in [0.05, 0.1) is 0 Å². The second-order valence-corrected chi connectivity index (χ2v) is 6.07. The Morgan fingerprint density at radius 1 is 1.24 bits per heavy atom. The molecule has 1 saturated carbocycles. The van der Waals surface area contributed by atoms with Gasteiger partial charge in [0.15, 0.2) is 0 Å². The van der Waals surface area contributed by atoms with Crippen LogP contribution in [-0.2, 0) is 0 Å². The molecule has 1 N–H and O–H groups in total. The summed E-state index contributed by atoms with van der Waals surface area (Å²) in [6, 6.07) is 8.50. The third-order valence-electron chi connectivity index (χ3n) is 4.62. The molecule has 21 heavy (non-hydrogen) atoms. The Hall–Kier alpha value is -1.51. The minimum absolute atomic E-state index is 0.125. The molecule has 1 aliphatic carbocycles. The molecule has 0 spiro atoms. The average Bonchev–Trinajstić information content (AvgIpc) is 2.51. The smallest absolute Gasteiger partial charge is 0.253 e. The Morgan fingerprint density at radius 2 is 1.95 bits per heavy atom. The first-order chi connectivity index (χ1) is 10.2. The highest BCUT2D eigenvalue weighted by molar-refractivity contribution is 5.95. The number of hydrogen-bond donors (Lipinski definition) is 1. The Balaban J connectivity index is 2.08. The van der Waals surface area contributed by atoms with E-state index >= 15 is 0 Å². The molecule has 3 nitrogen and oxygen atoms in total. The Labute approximate surface area is 128 Å². The fourth-order valence-electron chi connectivity index (χ4n) is 3.18. The van der Waals surface area contributed by atoms with Gasteiger partial charge in [-0.05, 0) is 50.8 Å². The van der Waals surface area contributed by atoms with Gasteiger partial charge in [0.1, 0.15) is 0 Å². The zero-order chi connectivity index (χ0) is 15.2. The highest BCUT2D eigenvalue weighted by atomic mass is 16.2. The van der Waals surface area contributed by atoms with Crippen molar-refractivity contribution in [2.24, 2.45) is 5.92 Å². The van der Waals surface area contributed by atoms with Crippen molar-refractivity contribution in [3.8, 4) is 0 Å². The summed E-state index contributed by atoms with van der Waals surface area (Å²) < 4.78 is 0. The van der Waals surface area contributed by atoms with Crippen molar-refractivity contribution in [2.75, 3.05) is 18.4 Å². The van der Waals surface area contributed by atoms with Gasteiger partial charge in [-0.2, -0.15) is 0 Å². The molecule has 0 aromatic heterocycles. The number of nitrogens with one attached hydrogen (secondary N) is 1. The number of carbonyl (C=O) groups is 1. The standard InChI is InChI=1S/C18H28N2O/c1-4-20(5-2)18(21)15-10-8-11-16(13-15)19-17-12-7-6-9-14(17)3/h8,10-11,13-14,17,19H,4-7,9,12H2,1-3H3. The third-order valence-corrected chi connectivity index (χ3v) is 4.62. The van der Waals surface area contributed by atoms with Gasteiger partial charge in [-0.25, -0.2) is 0 Å². The maximum Gasteiger partial charge on any atom is 0.253 e. The largest absolute Gasteiger partial charge is 0.382 e. The van der Waals surface area contributed by atoms with Crippen LogP contribution in [0.2, 0.25) is 0 Å². The van der Waals surface area contributed by atoms with Gasteiger partial charge < -0.3 is 10.2 Å². The summed E-state index contributed by atoms with van der Waals surface area (Å²) in [6.07, 6.45) is 5.19. The Morgan fingerprint density at radius 3 is 2.62 bits per heavy atom. The van der Waals surface area contributed by atoms with E-state index in [0.717, 1.165) is 24.3 Å². The highest BCUT2D eigenvalue weighted by Gasteiger charge is 2.21. The number of rotatable bonds is 5. The summed E-state index contributed by atoms with van der Waals surface area (Å²) in [6.45, 7) is 7.88. The maximum absolute atomic E-state index is 12.4.